The predicted molar refractivity (Wildman–Crippen MR) is 122 cm³/mol. The Bertz CT molecular complexity index is 888. The van der Waals surface area contributed by atoms with Crippen LogP contribution in [0.3, 0.4) is 0 Å². The van der Waals surface area contributed by atoms with Crippen LogP contribution < -0.4 is 10.0 Å². The van der Waals surface area contributed by atoms with Gasteiger partial charge in [-0.3, -0.25) is 4.79 Å². The molecule has 1 fully saturated rings. The molecule has 0 aliphatic carbocycles. The molecule has 1 aliphatic rings. The lowest BCUT2D eigenvalue weighted by Crippen LogP contribution is -2.40. The molecule has 1 heterocycles. The molecule has 0 bridgehead atoms. The number of nitrogens with one attached hydrogen (secondary N) is 2. The van der Waals surface area contributed by atoms with Gasteiger partial charge in [0.15, 0.2) is 0 Å². The first-order valence-corrected chi connectivity index (χ1v) is 11.9. The van der Waals surface area contributed by atoms with Crippen molar-refractivity contribution in [3.05, 3.63) is 35.4 Å². The first-order chi connectivity index (χ1) is 13.9. The second-order valence-electron chi connectivity index (χ2n) is 9.04. The smallest absolute Gasteiger partial charge is 0.254 e. The van der Waals surface area contributed by atoms with Gasteiger partial charge in [-0.15, -0.1) is 0 Å². The third kappa shape index (κ3) is 7.11. The van der Waals surface area contributed by atoms with Gasteiger partial charge in [-0.1, -0.05) is 11.6 Å². The SMILES string of the molecule is CC=C(C)CNc1cc(C(=O)N2CCCN(C)CC2)cc(S(=O)(=O)NC(C)(C)C)c1. The lowest BCUT2D eigenvalue weighted by Gasteiger charge is -2.23. The fourth-order valence-corrected chi connectivity index (χ4v) is 4.71. The van der Waals surface area contributed by atoms with Crippen LogP contribution in [0.4, 0.5) is 5.69 Å². The van der Waals surface area contributed by atoms with Gasteiger partial charge >= 0.3 is 0 Å². The second kappa shape index (κ2) is 9.94. The van der Waals surface area contributed by atoms with E-state index in [1.807, 2.05) is 31.9 Å². The van der Waals surface area contributed by atoms with Crippen LogP contribution in [0.5, 0.6) is 0 Å². The molecule has 0 saturated carbocycles. The summed E-state index contributed by atoms with van der Waals surface area (Å²) in [7, 11) is -1.72. The van der Waals surface area contributed by atoms with Gasteiger partial charge in [0.05, 0.1) is 4.90 Å². The lowest BCUT2D eigenvalue weighted by atomic mass is 10.1. The number of rotatable bonds is 6. The summed E-state index contributed by atoms with van der Waals surface area (Å²) in [6.07, 6.45) is 2.89. The quantitative estimate of drug-likeness (QED) is 0.670. The molecule has 168 valence electrons. The molecule has 0 radical (unpaired) electrons. The zero-order valence-electron chi connectivity index (χ0n) is 19.1. The van der Waals surface area contributed by atoms with Gasteiger partial charge in [0.2, 0.25) is 10.0 Å². The Morgan fingerprint density at radius 2 is 1.83 bits per heavy atom. The van der Waals surface area contributed by atoms with Gasteiger partial charge in [-0.2, -0.15) is 0 Å². The van der Waals surface area contributed by atoms with E-state index in [0.29, 0.717) is 30.9 Å². The van der Waals surface area contributed by atoms with Crippen molar-refractivity contribution < 1.29 is 13.2 Å². The average molecular weight is 437 g/mol. The van der Waals surface area contributed by atoms with Gasteiger partial charge in [0.1, 0.15) is 0 Å². The molecular weight excluding hydrogens is 400 g/mol. The monoisotopic (exact) mass is 436 g/mol. The summed E-state index contributed by atoms with van der Waals surface area (Å²) in [4.78, 5) is 17.3. The van der Waals surface area contributed by atoms with Crippen molar-refractivity contribution in [3.63, 3.8) is 0 Å². The van der Waals surface area contributed by atoms with E-state index in [1.54, 1.807) is 32.9 Å². The number of carbonyl (C=O) groups is 1. The summed E-state index contributed by atoms with van der Waals surface area (Å²) in [5.41, 5.74) is 1.50. The maximum Gasteiger partial charge on any atom is 0.254 e. The fourth-order valence-electron chi connectivity index (χ4n) is 3.22. The van der Waals surface area contributed by atoms with Crippen LogP contribution in [-0.2, 0) is 10.0 Å². The van der Waals surface area contributed by atoms with E-state index in [4.69, 9.17) is 0 Å². The molecule has 30 heavy (non-hydrogen) atoms. The highest BCUT2D eigenvalue weighted by atomic mass is 32.2. The zero-order chi connectivity index (χ0) is 22.5. The van der Waals surface area contributed by atoms with E-state index >= 15 is 0 Å². The molecule has 7 nitrogen and oxygen atoms in total. The topological polar surface area (TPSA) is 81.8 Å². The van der Waals surface area contributed by atoms with Crippen molar-refractivity contribution >= 4 is 21.6 Å². The number of sulfonamides is 1. The van der Waals surface area contributed by atoms with Crippen LogP contribution in [0.25, 0.3) is 0 Å². The average Bonchev–Trinajstić information content (AvgIpc) is 2.87. The standard InChI is InChI=1S/C22H36N4O3S/c1-7-17(2)16-23-19-13-18(21(27)26-10-8-9-25(6)11-12-26)14-20(15-19)30(28,29)24-22(3,4)5/h7,13-15,23-24H,8-12,16H2,1-6H3. The van der Waals surface area contributed by atoms with Gasteiger partial charge in [-0.05, 0) is 72.8 Å². The number of likely N-dealkylation sites (N-methyl/N-ethyl adjacent to an activating group) is 1. The molecule has 0 atom stereocenters. The molecule has 0 unspecified atom stereocenters. The number of nitrogens with zero attached hydrogens (tertiary/aromatic N) is 2. The zero-order valence-corrected chi connectivity index (χ0v) is 19.9. The number of benzene rings is 1. The molecule has 1 aromatic carbocycles. The van der Waals surface area contributed by atoms with E-state index in [9.17, 15) is 13.2 Å². The van der Waals surface area contributed by atoms with Crippen LogP contribution in [0.1, 0.15) is 51.4 Å². The van der Waals surface area contributed by atoms with Crippen molar-refractivity contribution in [2.75, 3.05) is 45.1 Å². The molecule has 1 amide bonds. The van der Waals surface area contributed by atoms with E-state index in [-0.39, 0.29) is 10.8 Å². The van der Waals surface area contributed by atoms with Crippen molar-refractivity contribution in [3.8, 4) is 0 Å². The highest BCUT2D eigenvalue weighted by molar-refractivity contribution is 7.89. The van der Waals surface area contributed by atoms with Gasteiger partial charge < -0.3 is 15.1 Å². The summed E-state index contributed by atoms with van der Waals surface area (Å²) in [6, 6.07) is 4.82. The minimum absolute atomic E-state index is 0.0934. The van der Waals surface area contributed by atoms with Gasteiger partial charge in [0.25, 0.3) is 5.91 Å². The minimum Gasteiger partial charge on any atom is -0.381 e. The first kappa shape index (κ1) is 24.4. The van der Waals surface area contributed by atoms with Crippen molar-refractivity contribution in [2.24, 2.45) is 0 Å². The van der Waals surface area contributed by atoms with E-state index in [0.717, 1.165) is 25.1 Å². The van der Waals surface area contributed by atoms with Crippen molar-refractivity contribution in [1.29, 1.82) is 0 Å². The molecule has 8 heteroatoms. The molecule has 2 N–H and O–H groups in total. The lowest BCUT2D eigenvalue weighted by molar-refractivity contribution is 0.0762. The van der Waals surface area contributed by atoms with E-state index in [1.165, 1.54) is 6.07 Å². The van der Waals surface area contributed by atoms with Gasteiger partial charge in [-0.25, -0.2) is 13.1 Å². The number of hydrogen-bond acceptors (Lipinski definition) is 5. The molecular formula is C22H36N4O3S. The van der Waals surface area contributed by atoms with Crippen molar-refractivity contribution in [2.45, 2.75) is 51.5 Å². The van der Waals surface area contributed by atoms with Crippen molar-refractivity contribution in [1.82, 2.24) is 14.5 Å². The second-order valence-corrected chi connectivity index (χ2v) is 10.7. The highest BCUT2D eigenvalue weighted by Crippen LogP contribution is 2.22. The number of amides is 1. The maximum absolute atomic E-state index is 13.2. The Balaban J connectivity index is 2.41. The Morgan fingerprint density at radius 3 is 2.47 bits per heavy atom. The Morgan fingerprint density at radius 1 is 1.13 bits per heavy atom. The third-order valence-electron chi connectivity index (χ3n) is 4.98. The largest absolute Gasteiger partial charge is 0.381 e. The summed E-state index contributed by atoms with van der Waals surface area (Å²) in [5, 5.41) is 3.25. The Hall–Kier alpha value is -1.90. The summed E-state index contributed by atoms with van der Waals surface area (Å²) >= 11 is 0. The molecule has 1 saturated heterocycles. The summed E-state index contributed by atoms with van der Waals surface area (Å²) in [6.45, 7) is 13.0. The van der Waals surface area contributed by atoms with Crippen LogP contribution >= 0.6 is 0 Å². The molecule has 1 aliphatic heterocycles. The minimum atomic E-state index is -3.77. The number of hydrogen-bond donors (Lipinski definition) is 2. The van der Waals surface area contributed by atoms with Crippen LogP contribution in [-0.4, -0.2) is 69.4 Å². The van der Waals surface area contributed by atoms with Crippen LogP contribution in [0.15, 0.2) is 34.7 Å². The first-order valence-electron chi connectivity index (χ1n) is 10.4. The van der Waals surface area contributed by atoms with E-state index < -0.39 is 15.6 Å². The molecule has 0 aromatic heterocycles. The number of carbonyl (C=O) groups excluding carboxylic acids is 1. The molecule has 1 aromatic rings. The Kier molecular flexibility index (Phi) is 8.07. The molecule has 2 rings (SSSR count). The van der Waals surface area contributed by atoms with Crippen LogP contribution in [0.2, 0.25) is 0 Å². The maximum atomic E-state index is 13.2. The number of anilines is 1. The highest BCUT2D eigenvalue weighted by Gasteiger charge is 2.25. The summed E-state index contributed by atoms with van der Waals surface area (Å²) < 4.78 is 28.6. The summed E-state index contributed by atoms with van der Waals surface area (Å²) in [5.74, 6) is -0.135. The Labute approximate surface area is 181 Å². The van der Waals surface area contributed by atoms with Crippen LogP contribution in [0, 0.1) is 0 Å². The van der Waals surface area contributed by atoms with E-state index in [2.05, 4.69) is 14.9 Å². The predicted octanol–water partition coefficient (Wildman–Crippen LogP) is 2.92. The third-order valence-corrected chi connectivity index (χ3v) is 6.71. The normalized spacial score (nSPS) is 17.0. The molecule has 0 spiro atoms. The number of allylic oxidation sites excluding steroid dienone is 1. The van der Waals surface area contributed by atoms with Gasteiger partial charge in [0, 0.05) is 43.0 Å². The fraction of sp³-hybridized carbons (Fsp3) is 0.591.